The van der Waals surface area contributed by atoms with E-state index in [2.05, 4.69) is 40.1 Å². The molecule has 0 fully saturated rings. The molecule has 0 aromatic heterocycles. The summed E-state index contributed by atoms with van der Waals surface area (Å²) in [5.41, 5.74) is 5.36. The Hall–Kier alpha value is -0.640. The Kier molecular flexibility index (Phi) is 5.74. The van der Waals surface area contributed by atoms with Crippen LogP contribution in [0.5, 0.6) is 0 Å². The predicted molar refractivity (Wildman–Crippen MR) is 73.0 cm³/mol. The average Bonchev–Trinajstić information content (AvgIpc) is 2.26. The fourth-order valence-corrected chi connectivity index (χ4v) is 2.04. The second kappa shape index (κ2) is 6.84. The van der Waals surface area contributed by atoms with Gasteiger partial charge in [-0.15, -0.1) is 6.58 Å². The smallest absolute Gasteiger partial charge is 0.0254 e. The highest BCUT2D eigenvalue weighted by molar-refractivity contribution is 9.10. The van der Waals surface area contributed by atoms with E-state index in [9.17, 15) is 0 Å². The Morgan fingerprint density at radius 3 is 2.75 bits per heavy atom. The van der Waals surface area contributed by atoms with E-state index in [1.54, 1.807) is 0 Å². The molecule has 0 spiro atoms. The minimum Gasteiger partial charge on any atom is -0.271 e. The van der Waals surface area contributed by atoms with Crippen molar-refractivity contribution in [3.8, 4) is 0 Å². The van der Waals surface area contributed by atoms with E-state index in [0.717, 1.165) is 23.7 Å². The van der Waals surface area contributed by atoms with Crippen molar-refractivity contribution < 1.29 is 0 Å². The van der Waals surface area contributed by atoms with Crippen LogP contribution < -0.4 is 11.3 Å². The van der Waals surface area contributed by atoms with Gasteiger partial charge in [-0.25, -0.2) is 0 Å². The lowest BCUT2D eigenvalue weighted by atomic mass is 10.0. The molecule has 0 aliphatic carbocycles. The van der Waals surface area contributed by atoms with Gasteiger partial charge in [0.25, 0.3) is 0 Å². The van der Waals surface area contributed by atoms with Gasteiger partial charge in [-0.2, -0.15) is 0 Å². The summed E-state index contributed by atoms with van der Waals surface area (Å²) in [5, 5.41) is 0. The third-order valence-corrected chi connectivity index (χ3v) is 3.35. The van der Waals surface area contributed by atoms with E-state index < -0.39 is 0 Å². The van der Waals surface area contributed by atoms with Crippen LogP contribution >= 0.6 is 15.9 Å². The SMILES string of the molecule is C=C(C)CCC(Cc1ccccc1Br)NN. The highest BCUT2D eigenvalue weighted by atomic mass is 79.9. The maximum absolute atomic E-state index is 5.56. The summed E-state index contributed by atoms with van der Waals surface area (Å²) in [6, 6.07) is 8.55. The second-order valence-electron chi connectivity index (χ2n) is 4.15. The monoisotopic (exact) mass is 282 g/mol. The van der Waals surface area contributed by atoms with Crippen LogP contribution in [0.15, 0.2) is 40.9 Å². The van der Waals surface area contributed by atoms with Gasteiger partial charge in [-0.3, -0.25) is 11.3 Å². The summed E-state index contributed by atoms with van der Waals surface area (Å²) < 4.78 is 1.14. The predicted octanol–water partition coefficient (Wildman–Crippen LogP) is 3.18. The molecule has 3 N–H and O–H groups in total. The number of rotatable bonds is 6. The van der Waals surface area contributed by atoms with Crippen molar-refractivity contribution in [2.24, 2.45) is 5.84 Å². The fraction of sp³-hybridized carbons (Fsp3) is 0.385. The van der Waals surface area contributed by atoms with E-state index in [-0.39, 0.29) is 0 Å². The molecule has 1 aromatic carbocycles. The lowest BCUT2D eigenvalue weighted by Crippen LogP contribution is -2.36. The molecule has 0 amide bonds. The normalized spacial score (nSPS) is 12.4. The maximum Gasteiger partial charge on any atom is 0.0254 e. The first-order valence-corrected chi connectivity index (χ1v) is 6.26. The zero-order valence-electron chi connectivity index (χ0n) is 9.67. The Bertz CT molecular complexity index is 350. The van der Waals surface area contributed by atoms with Crippen LogP contribution in [-0.4, -0.2) is 6.04 Å². The fourth-order valence-electron chi connectivity index (χ4n) is 1.59. The molecule has 0 saturated carbocycles. The summed E-state index contributed by atoms with van der Waals surface area (Å²) in [7, 11) is 0. The van der Waals surface area contributed by atoms with Crippen LogP contribution in [0, 0.1) is 0 Å². The zero-order chi connectivity index (χ0) is 12.0. The molecule has 1 unspecified atom stereocenters. The quantitative estimate of drug-likeness (QED) is 0.478. The van der Waals surface area contributed by atoms with Gasteiger partial charge in [0.1, 0.15) is 0 Å². The van der Waals surface area contributed by atoms with E-state index in [1.165, 1.54) is 11.1 Å². The first-order valence-electron chi connectivity index (χ1n) is 5.47. The van der Waals surface area contributed by atoms with Crippen molar-refractivity contribution in [1.82, 2.24) is 5.43 Å². The van der Waals surface area contributed by atoms with Crippen LogP contribution in [0.2, 0.25) is 0 Å². The first-order chi connectivity index (χ1) is 7.63. The number of nitrogens with one attached hydrogen (secondary N) is 1. The standard InChI is InChI=1S/C13H19BrN2/c1-10(2)7-8-12(16-15)9-11-5-3-4-6-13(11)14/h3-6,12,16H,1,7-9,15H2,2H3. The minimum absolute atomic E-state index is 0.301. The minimum atomic E-state index is 0.301. The maximum atomic E-state index is 5.56. The van der Waals surface area contributed by atoms with E-state index in [1.807, 2.05) is 19.1 Å². The molecule has 0 aliphatic rings. The molecule has 0 bridgehead atoms. The summed E-state index contributed by atoms with van der Waals surface area (Å²) in [4.78, 5) is 0. The molecule has 1 aromatic rings. The number of hydrogen-bond donors (Lipinski definition) is 2. The largest absolute Gasteiger partial charge is 0.271 e. The molecule has 2 nitrogen and oxygen atoms in total. The third kappa shape index (κ3) is 4.47. The molecule has 0 radical (unpaired) electrons. The Morgan fingerprint density at radius 1 is 1.50 bits per heavy atom. The molecule has 3 heteroatoms. The molecule has 1 rings (SSSR count). The summed E-state index contributed by atoms with van der Waals surface area (Å²) >= 11 is 3.55. The van der Waals surface area contributed by atoms with Gasteiger partial charge in [0.05, 0.1) is 0 Å². The van der Waals surface area contributed by atoms with Gasteiger partial charge in [0, 0.05) is 10.5 Å². The number of allylic oxidation sites excluding steroid dienone is 1. The van der Waals surface area contributed by atoms with Gasteiger partial charge >= 0.3 is 0 Å². The Balaban J connectivity index is 2.56. The van der Waals surface area contributed by atoms with Crippen LogP contribution in [0.4, 0.5) is 0 Å². The van der Waals surface area contributed by atoms with Crippen LogP contribution in [0.25, 0.3) is 0 Å². The van der Waals surface area contributed by atoms with E-state index >= 15 is 0 Å². The molecule has 0 aliphatic heterocycles. The first kappa shape index (κ1) is 13.4. The Morgan fingerprint density at radius 2 is 2.19 bits per heavy atom. The highest BCUT2D eigenvalue weighted by Crippen LogP contribution is 2.19. The second-order valence-corrected chi connectivity index (χ2v) is 5.01. The van der Waals surface area contributed by atoms with Gasteiger partial charge < -0.3 is 0 Å². The summed E-state index contributed by atoms with van der Waals surface area (Å²) in [6.07, 6.45) is 2.97. The van der Waals surface area contributed by atoms with Crippen LogP contribution in [0.3, 0.4) is 0 Å². The summed E-state index contributed by atoms with van der Waals surface area (Å²) in [6.45, 7) is 5.96. The van der Waals surface area contributed by atoms with Crippen molar-refractivity contribution in [2.45, 2.75) is 32.2 Å². The molecular formula is C13H19BrN2. The van der Waals surface area contributed by atoms with Gasteiger partial charge in [-0.05, 0) is 37.8 Å². The number of nitrogens with two attached hydrogens (primary N) is 1. The number of hydrazine groups is 1. The van der Waals surface area contributed by atoms with Crippen LogP contribution in [0.1, 0.15) is 25.3 Å². The van der Waals surface area contributed by atoms with Crippen molar-refractivity contribution in [1.29, 1.82) is 0 Å². The van der Waals surface area contributed by atoms with E-state index in [0.29, 0.717) is 6.04 Å². The molecule has 0 saturated heterocycles. The number of hydrogen-bond acceptors (Lipinski definition) is 2. The van der Waals surface area contributed by atoms with Gasteiger partial charge in [-0.1, -0.05) is 39.7 Å². The lowest BCUT2D eigenvalue weighted by molar-refractivity contribution is 0.490. The topological polar surface area (TPSA) is 38.0 Å². The average molecular weight is 283 g/mol. The van der Waals surface area contributed by atoms with Crippen molar-refractivity contribution in [3.05, 3.63) is 46.5 Å². The molecule has 0 heterocycles. The molecular weight excluding hydrogens is 264 g/mol. The van der Waals surface area contributed by atoms with Crippen LogP contribution in [-0.2, 0) is 6.42 Å². The number of benzene rings is 1. The molecule has 16 heavy (non-hydrogen) atoms. The lowest BCUT2D eigenvalue weighted by Gasteiger charge is -2.16. The van der Waals surface area contributed by atoms with E-state index in [4.69, 9.17) is 5.84 Å². The van der Waals surface area contributed by atoms with Gasteiger partial charge in [0.15, 0.2) is 0 Å². The van der Waals surface area contributed by atoms with Crippen molar-refractivity contribution in [2.75, 3.05) is 0 Å². The van der Waals surface area contributed by atoms with Crippen molar-refractivity contribution in [3.63, 3.8) is 0 Å². The Labute approximate surface area is 106 Å². The zero-order valence-corrected chi connectivity index (χ0v) is 11.3. The third-order valence-electron chi connectivity index (χ3n) is 2.58. The highest BCUT2D eigenvalue weighted by Gasteiger charge is 2.09. The van der Waals surface area contributed by atoms with Crippen molar-refractivity contribution >= 4 is 15.9 Å². The van der Waals surface area contributed by atoms with Gasteiger partial charge in [0.2, 0.25) is 0 Å². The molecule has 88 valence electrons. The summed E-state index contributed by atoms with van der Waals surface area (Å²) in [5.74, 6) is 5.56. The number of halogens is 1. The molecule has 1 atom stereocenters.